The first-order chi connectivity index (χ1) is 12.6. The molecule has 1 heterocycles. The van der Waals surface area contributed by atoms with Crippen molar-refractivity contribution < 1.29 is 9.53 Å². The molecule has 0 bridgehead atoms. The summed E-state index contributed by atoms with van der Waals surface area (Å²) in [5.74, 6) is 0.517. The van der Waals surface area contributed by atoms with Gasteiger partial charge in [0.2, 0.25) is 0 Å². The third kappa shape index (κ3) is 4.54. The van der Waals surface area contributed by atoms with E-state index in [1.54, 1.807) is 0 Å². The topological polar surface area (TPSA) is 29.5 Å². The van der Waals surface area contributed by atoms with E-state index in [1.165, 1.54) is 16.0 Å². The van der Waals surface area contributed by atoms with Crippen molar-refractivity contribution in [2.45, 2.75) is 52.5 Å². The number of hydrogen-bond acceptors (Lipinski definition) is 4. The van der Waals surface area contributed by atoms with Gasteiger partial charge in [0.1, 0.15) is 5.75 Å². The van der Waals surface area contributed by atoms with Crippen molar-refractivity contribution in [2.24, 2.45) is 5.92 Å². The van der Waals surface area contributed by atoms with Gasteiger partial charge in [0.05, 0.1) is 5.92 Å². The molecule has 1 atom stereocenters. The fourth-order valence-electron chi connectivity index (χ4n) is 3.69. The van der Waals surface area contributed by atoms with Crippen LogP contribution in [0.25, 0.3) is 0 Å². The number of hydrogen-bond donors (Lipinski definition) is 0. The van der Waals surface area contributed by atoms with E-state index < -0.39 is 0 Å². The summed E-state index contributed by atoms with van der Waals surface area (Å²) >= 11 is 1.85. The normalized spacial score (nSPS) is 16.7. The van der Waals surface area contributed by atoms with Crippen LogP contribution in [0.15, 0.2) is 35.7 Å². The minimum absolute atomic E-state index is 0.102. The van der Waals surface area contributed by atoms with E-state index in [-0.39, 0.29) is 11.9 Å². The second-order valence-electron chi connectivity index (χ2n) is 7.32. The Morgan fingerprint density at radius 2 is 2.15 bits per heavy atom. The highest BCUT2D eigenvalue weighted by molar-refractivity contribution is 7.09. The monoisotopic (exact) mass is 371 g/mol. The summed E-state index contributed by atoms with van der Waals surface area (Å²) in [5.41, 5.74) is 2.57. The Hall–Kier alpha value is -1.65. The molecule has 0 radical (unpaired) electrons. The van der Waals surface area contributed by atoms with Crippen molar-refractivity contribution in [1.29, 1.82) is 0 Å². The van der Waals surface area contributed by atoms with Gasteiger partial charge in [0.15, 0.2) is 0 Å². The maximum atomic E-state index is 12.0. The van der Waals surface area contributed by atoms with E-state index in [2.05, 4.69) is 35.4 Å². The van der Waals surface area contributed by atoms with Gasteiger partial charge in [0, 0.05) is 17.5 Å². The van der Waals surface area contributed by atoms with Crippen LogP contribution < -0.4 is 4.74 Å². The van der Waals surface area contributed by atoms with Crippen LogP contribution in [0.2, 0.25) is 0 Å². The summed E-state index contributed by atoms with van der Waals surface area (Å²) in [5, 5.41) is 2.16. The number of rotatable bonds is 7. The van der Waals surface area contributed by atoms with E-state index in [0.29, 0.717) is 6.04 Å². The molecular weight excluding hydrogens is 342 g/mol. The van der Waals surface area contributed by atoms with Crippen LogP contribution >= 0.6 is 11.3 Å². The van der Waals surface area contributed by atoms with E-state index in [0.717, 1.165) is 44.5 Å². The Morgan fingerprint density at radius 1 is 1.31 bits per heavy atom. The minimum Gasteiger partial charge on any atom is -0.426 e. The Labute approximate surface area is 161 Å². The molecule has 2 aromatic rings. The lowest BCUT2D eigenvalue weighted by Crippen LogP contribution is -2.40. The number of carbonyl (C=O) groups excluding carboxylic acids is 1. The lowest BCUT2D eigenvalue weighted by Gasteiger charge is -2.35. The summed E-state index contributed by atoms with van der Waals surface area (Å²) in [6.45, 7) is 8.19. The van der Waals surface area contributed by atoms with Crippen LogP contribution in [-0.2, 0) is 24.1 Å². The molecule has 0 amide bonds. The first-order valence-electron chi connectivity index (χ1n) is 9.67. The number of fused-ring (bicyclic) bond motifs is 1. The van der Waals surface area contributed by atoms with Gasteiger partial charge < -0.3 is 4.74 Å². The molecule has 1 aliphatic rings. The van der Waals surface area contributed by atoms with Gasteiger partial charge in [-0.15, -0.1) is 11.3 Å². The van der Waals surface area contributed by atoms with Crippen LogP contribution in [0.3, 0.4) is 0 Å². The molecule has 140 valence electrons. The smallest absolute Gasteiger partial charge is 0.313 e. The summed E-state index contributed by atoms with van der Waals surface area (Å²) in [4.78, 5) is 16.1. The molecule has 0 spiro atoms. The van der Waals surface area contributed by atoms with Gasteiger partial charge in [-0.3, -0.25) is 9.69 Å². The molecule has 1 aromatic heterocycles. The van der Waals surface area contributed by atoms with E-state index >= 15 is 0 Å². The zero-order valence-electron chi connectivity index (χ0n) is 16.0. The van der Waals surface area contributed by atoms with Crippen LogP contribution in [0.1, 0.15) is 43.2 Å². The Morgan fingerprint density at radius 3 is 2.85 bits per heavy atom. The third-order valence-electron chi connectivity index (χ3n) is 5.24. The van der Waals surface area contributed by atoms with Crippen molar-refractivity contribution in [1.82, 2.24) is 4.90 Å². The highest BCUT2D eigenvalue weighted by Crippen LogP contribution is 2.32. The Bertz CT molecular complexity index is 724. The van der Waals surface area contributed by atoms with Crippen molar-refractivity contribution in [3.05, 3.63) is 51.7 Å². The van der Waals surface area contributed by atoms with Gasteiger partial charge in [-0.25, -0.2) is 0 Å². The van der Waals surface area contributed by atoms with Crippen LogP contribution in [0, 0.1) is 5.92 Å². The molecule has 26 heavy (non-hydrogen) atoms. The van der Waals surface area contributed by atoms with Gasteiger partial charge >= 0.3 is 5.97 Å². The van der Waals surface area contributed by atoms with Gasteiger partial charge in [0.25, 0.3) is 0 Å². The van der Waals surface area contributed by atoms with Gasteiger partial charge in [-0.1, -0.05) is 39.0 Å². The van der Waals surface area contributed by atoms with Crippen LogP contribution in [-0.4, -0.2) is 30.0 Å². The maximum absolute atomic E-state index is 12.0. The predicted octanol–water partition coefficient (Wildman–Crippen LogP) is 4.73. The van der Waals surface area contributed by atoms with Gasteiger partial charge in [-0.2, -0.15) is 0 Å². The number of benzene rings is 1. The SMILES string of the molecule is CCN(CCc1cccs1)C1CCc2c(cccc2OC(=O)C(C)C)C1. The van der Waals surface area contributed by atoms with Crippen molar-refractivity contribution in [3.63, 3.8) is 0 Å². The molecule has 1 aromatic carbocycles. The van der Waals surface area contributed by atoms with Crippen molar-refractivity contribution in [2.75, 3.05) is 13.1 Å². The first kappa shape index (κ1) is 19.1. The Kier molecular flexibility index (Phi) is 6.49. The first-order valence-corrected chi connectivity index (χ1v) is 10.5. The zero-order chi connectivity index (χ0) is 18.5. The summed E-state index contributed by atoms with van der Waals surface area (Å²) in [6.07, 6.45) is 4.28. The second-order valence-corrected chi connectivity index (χ2v) is 8.36. The number of nitrogens with zero attached hydrogens (tertiary/aromatic N) is 1. The molecule has 4 heteroatoms. The van der Waals surface area contributed by atoms with E-state index in [9.17, 15) is 4.79 Å². The van der Waals surface area contributed by atoms with Gasteiger partial charge in [-0.05, 0) is 60.9 Å². The standard InChI is InChI=1S/C22H29NO2S/c1-4-23(13-12-19-8-6-14-26-19)18-10-11-20-17(15-18)7-5-9-21(20)25-22(24)16(2)3/h5-9,14,16,18H,4,10-13,15H2,1-3H3. The average Bonchev–Trinajstić information content (AvgIpc) is 3.15. The highest BCUT2D eigenvalue weighted by Gasteiger charge is 2.26. The summed E-state index contributed by atoms with van der Waals surface area (Å²) < 4.78 is 5.64. The number of likely N-dealkylation sites (N-methyl/N-ethyl adjacent to an activating group) is 1. The molecule has 1 aliphatic carbocycles. The minimum atomic E-state index is -0.147. The fourth-order valence-corrected chi connectivity index (χ4v) is 4.39. The molecule has 0 aliphatic heterocycles. The molecule has 0 fully saturated rings. The molecule has 1 unspecified atom stereocenters. The summed E-state index contributed by atoms with van der Waals surface area (Å²) in [7, 11) is 0. The summed E-state index contributed by atoms with van der Waals surface area (Å²) in [6, 6.07) is 11.1. The second kappa shape index (κ2) is 8.83. The van der Waals surface area contributed by atoms with Crippen LogP contribution in [0.5, 0.6) is 5.75 Å². The van der Waals surface area contributed by atoms with Crippen LogP contribution in [0.4, 0.5) is 0 Å². The van der Waals surface area contributed by atoms with Crippen molar-refractivity contribution >= 4 is 17.3 Å². The molecule has 0 saturated carbocycles. The number of carbonyl (C=O) groups is 1. The molecule has 3 nitrogen and oxygen atoms in total. The third-order valence-corrected chi connectivity index (χ3v) is 6.18. The highest BCUT2D eigenvalue weighted by atomic mass is 32.1. The maximum Gasteiger partial charge on any atom is 0.313 e. The molecule has 0 saturated heterocycles. The number of ether oxygens (including phenoxy) is 1. The van der Waals surface area contributed by atoms with Crippen molar-refractivity contribution in [3.8, 4) is 5.75 Å². The fraction of sp³-hybridized carbons (Fsp3) is 0.500. The van der Waals surface area contributed by atoms with E-state index in [4.69, 9.17) is 4.74 Å². The Balaban J connectivity index is 1.67. The largest absolute Gasteiger partial charge is 0.426 e. The quantitative estimate of drug-likeness (QED) is 0.520. The zero-order valence-corrected chi connectivity index (χ0v) is 16.8. The number of esters is 1. The molecule has 3 rings (SSSR count). The van der Waals surface area contributed by atoms with E-state index in [1.807, 2.05) is 37.3 Å². The molecule has 0 N–H and O–H groups in total. The number of thiophene rings is 1. The predicted molar refractivity (Wildman–Crippen MR) is 108 cm³/mol. The lowest BCUT2D eigenvalue weighted by atomic mass is 9.86. The molecular formula is C22H29NO2S. The average molecular weight is 372 g/mol. The lowest BCUT2D eigenvalue weighted by molar-refractivity contribution is -0.137.